The van der Waals surface area contributed by atoms with Gasteiger partial charge in [0.15, 0.2) is 7.14 Å². The molecule has 7 aromatic carbocycles. The summed E-state index contributed by atoms with van der Waals surface area (Å²) in [6.07, 6.45) is 0. The summed E-state index contributed by atoms with van der Waals surface area (Å²) in [6, 6.07) is 55.3. The fraction of sp³-hybridized carbons (Fsp3) is 0. The standard InChI is InChI=1S/C39H27N2OP/c42-43(30-16-6-2-7-17-30,31-18-8-3-9-19-31)32-26-24-28(25-27-32)39-40-37-35-22-12-10-20-33(35)34-21-11-13-23-36(34)38(37)41(39)29-14-4-1-5-15-29/h1-27H. The van der Waals surface area contributed by atoms with Crippen molar-refractivity contribution in [3.63, 3.8) is 0 Å². The van der Waals surface area contributed by atoms with Gasteiger partial charge >= 0.3 is 0 Å². The number of imidazole rings is 1. The van der Waals surface area contributed by atoms with E-state index >= 15 is 0 Å². The summed E-state index contributed by atoms with van der Waals surface area (Å²) in [7, 11) is -3.08. The summed E-state index contributed by atoms with van der Waals surface area (Å²) in [5.41, 5.74) is 4.06. The highest BCUT2D eigenvalue weighted by molar-refractivity contribution is 7.85. The van der Waals surface area contributed by atoms with Gasteiger partial charge in [-0.2, -0.15) is 0 Å². The predicted octanol–water partition coefficient (Wildman–Crippen LogP) is 8.64. The Morgan fingerprint density at radius 1 is 0.442 bits per heavy atom. The lowest BCUT2D eigenvalue weighted by molar-refractivity contribution is 0.592. The van der Waals surface area contributed by atoms with Crippen molar-refractivity contribution in [1.82, 2.24) is 9.55 Å². The van der Waals surface area contributed by atoms with Crippen LogP contribution in [0.15, 0.2) is 164 Å². The normalized spacial score (nSPS) is 11.8. The zero-order valence-electron chi connectivity index (χ0n) is 23.3. The van der Waals surface area contributed by atoms with Gasteiger partial charge in [-0.3, -0.25) is 4.57 Å². The molecular formula is C39H27N2OP. The van der Waals surface area contributed by atoms with Crippen molar-refractivity contribution >= 4 is 55.6 Å². The summed E-state index contributed by atoms with van der Waals surface area (Å²) in [5.74, 6) is 0.850. The van der Waals surface area contributed by atoms with Crippen LogP contribution in [0, 0.1) is 0 Å². The first kappa shape index (κ1) is 25.5. The highest BCUT2D eigenvalue weighted by Crippen LogP contribution is 2.43. The van der Waals surface area contributed by atoms with Crippen molar-refractivity contribution in [2.24, 2.45) is 0 Å². The van der Waals surface area contributed by atoms with E-state index in [9.17, 15) is 4.57 Å². The number of hydrogen-bond donors (Lipinski definition) is 0. The molecule has 1 heterocycles. The lowest BCUT2D eigenvalue weighted by atomic mass is 10.00. The van der Waals surface area contributed by atoms with Crippen molar-refractivity contribution < 1.29 is 4.57 Å². The molecule has 0 aliphatic heterocycles. The summed E-state index contributed by atoms with van der Waals surface area (Å²) in [4.78, 5) is 5.34. The van der Waals surface area contributed by atoms with E-state index in [1.807, 2.05) is 78.9 Å². The number of benzene rings is 7. The number of para-hydroxylation sites is 1. The Morgan fingerprint density at radius 2 is 0.884 bits per heavy atom. The molecule has 8 rings (SSSR count). The van der Waals surface area contributed by atoms with Crippen molar-refractivity contribution in [1.29, 1.82) is 0 Å². The third-order valence-corrected chi connectivity index (χ3v) is 11.4. The van der Waals surface area contributed by atoms with Gasteiger partial charge in [0.2, 0.25) is 0 Å². The summed E-state index contributed by atoms with van der Waals surface area (Å²) >= 11 is 0. The molecule has 0 saturated heterocycles. The Hall–Kier alpha value is -5.24. The Balaban J connectivity index is 1.39. The van der Waals surface area contributed by atoms with E-state index in [-0.39, 0.29) is 0 Å². The van der Waals surface area contributed by atoms with Gasteiger partial charge in [0.1, 0.15) is 5.82 Å². The van der Waals surface area contributed by atoms with Crippen LogP contribution in [0.2, 0.25) is 0 Å². The van der Waals surface area contributed by atoms with Gasteiger partial charge < -0.3 is 4.57 Å². The third kappa shape index (κ3) is 4.05. The zero-order valence-corrected chi connectivity index (χ0v) is 24.2. The molecule has 0 radical (unpaired) electrons. The maximum absolute atomic E-state index is 15.0. The maximum Gasteiger partial charge on any atom is 0.171 e. The van der Waals surface area contributed by atoms with E-state index in [4.69, 9.17) is 4.98 Å². The van der Waals surface area contributed by atoms with Crippen molar-refractivity contribution in [3.05, 3.63) is 164 Å². The van der Waals surface area contributed by atoms with Crippen LogP contribution in [0.5, 0.6) is 0 Å². The van der Waals surface area contributed by atoms with Crippen LogP contribution in [-0.2, 0) is 4.57 Å². The Bertz CT molecular complexity index is 2250. The van der Waals surface area contributed by atoms with E-state index in [0.29, 0.717) is 0 Å². The molecule has 0 aliphatic rings. The van der Waals surface area contributed by atoms with Crippen LogP contribution in [0.3, 0.4) is 0 Å². The first-order valence-corrected chi connectivity index (χ1v) is 16.1. The third-order valence-electron chi connectivity index (χ3n) is 8.28. The molecule has 0 spiro atoms. The molecule has 0 atom stereocenters. The number of rotatable bonds is 5. The van der Waals surface area contributed by atoms with Crippen LogP contribution in [-0.4, -0.2) is 9.55 Å². The summed E-state index contributed by atoms with van der Waals surface area (Å²) < 4.78 is 17.2. The minimum Gasteiger partial charge on any atom is -0.309 e. The van der Waals surface area contributed by atoms with Gasteiger partial charge in [-0.1, -0.05) is 152 Å². The van der Waals surface area contributed by atoms with Gasteiger partial charge in [-0.25, -0.2) is 4.98 Å². The second-order valence-electron chi connectivity index (χ2n) is 10.7. The van der Waals surface area contributed by atoms with Crippen LogP contribution >= 0.6 is 7.14 Å². The summed E-state index contributed by atoms with van der Waals surface area (Å²) in [5, 5.41) is 7.13. The number of fused-ring (bicyclic) bond motifs is 6. The van der Waals surface area contributed by atoms with Gasteiger partial charge in [0.25, 0.3) is 0 Å². The van der Waals surface area contributed by atoms with E-state index < -0.39 is 7.14 Å². The molecule has 43 heavy (non-hydrogen) atoms. The fourth-order valence-corrected chi connectivity index (χ4v) is 8.92. The van der Waals surface area contributed by atoms with Gasteiger partial charge in [0.05, 0.1) is 11.0 Å². The molecule has 0 bridgehead atoms. The van der Waals surface area contributed by atoms with Crippen LogP contribution < -0.4 is 15.9 Å². The lowest BCUT2D eigenvalue weighted by Crippen LogP contribution is -2.24. The SMILES string of the molecule is O=P(c1ccccc1)(c1ccccc1)c1ccc(-c2nc3c4ccccc4c4ccccc4c3n2-c2ccccc2)cc1. The molecule has 0 fully saturated rings. The average molecular weight is 571 g/mol. The molecule has 4 heteroatoms. The van der Waals surface area contributed by atoms with Gasteiger partial charge in [-0.05, 0) is 22.9 Å². The van der Waals surface area contributed by atoms with E-state index in [2.05, 4.69) is 89.5 Å². The fourth-order valence-electron chi connectivity index (χ4n) is 6.27. The van der Waals surface area contributed by atoms with Gasteiger partial charge in [-0.15, -0.1) is 0 Å². The van der Waals surface area contributed by atoms with E-state index in [1.54, 1.807) is 0 Å². The Morgan fingerprint density at radius 3 is 1.47 bits per heavy atom. The summed E-state index contributed by atoms with van der Waals surface area (Å²) in [6.45, 7) is 0. The minimum atomic E-state index is -3.08. The predicted molar refractivity (Wildman–Crippen MR) is 181 cm³/mol. The molecule has 0 N–H and O–H groups in total. The first-order valence-electron chi connectivity index (χ1n) is 14.4. The molecule has 0 aliphatic carbocycles. The van der Waals surface area contributed by atoms with Crippen LogP contribution in [0.4, 0.5) is 0 Å². The average Bonchev–Trinajstić information content (AvgIpc) is 3.51. The number of nitrogens with zero attached hydrogens (tertiary/aromatic N) is 2. The minimum absolute atomic E-state index is 0.798. The van der Waals surface area contributed by atoms with Crippen LogP contribution in [0.1, 0.15) is 0 Å². The van der Waals surface area contributed by atoms with Crippen molar-refractivity contribution in [2.45, 2.75) is 0 Å². The second-order valence-corrected chi connectivity index (χ2v) is 13.5. The quantitative estimate of drug-likeness (QED) is 0.153. The largest absolute Gasteiger partial charge is 0.309 e. The maximum atomic E-state index is 15.0. The molecule has 0 saturated carbocycles. The monoisotopic (exact) mass is 570 g/mol. The molecule has 0 amide bonds. The number of hydrogen-bond acceptors (Lipinski definition) is 2. The highest BCUT2D eigenvalue weighted by Gasteiger charge is 2.30. The first-order chi connectivity index (χ1) is 21.2. The Kier molecular flexibility index (Phi) is 6.06. The molecular weight excluding hydrogens is 543 g/mol. The zero-order chi connectivity index (χ0) is 28.8. The van der Waals surface area contributed by atoms with Gasteiger partial charge in [0, 0.05) is 37.9 Å². The van der Waals surface area contributed by atoms with Crippen molar-refractivity contribution in [3.8, 4) is 17.1 Å². The van der Waals surface area contributed by atoms with E-state index in [1.165, 1.54) is 10.8 Å². The van der Waals surface area contributed by atoms with E-state index in [0.717, 1.165) is 54.8 Å². The molecule has 8 aromatic rings. The van der Waals surface area contributed by atoms with Crippen LogP contribution in [0.25, 0.3) is 49.7 Å². The molecule has 204 valence electrons. The topological polar surface area (TPSA) is 34.9 Å². The second kappa shape index (κ2) is 10.2. The molecule has 0 unspecified atom stereocenters. The smallest absolute Gasteiger partial charge is 0.171 e. The highest BCUT2D eigenvalue weighted by atomic mass is 31.2. The number of aromatic nitrogens is 2. The lowest BCUT2D eigenvalue weighted by Gasteiger charge is -2.20. The molecule has 1 aromatic heterocycles. The van der Waals surface area contributed by atoms with Crippen molar-refractivity contribution in [2.75, 3.05) is 0 Å². The Labute approximate surface area is 250 Å². The molecule has 3 nitrogen and oxygen atoms in total.